The van der Waals surface area contributed by atoms with E-state index in [-0.39, 0.29) is 16.7 Å². The maximum atomic E-state index is 12.5. The zero-order chi connectivity index (χ0) is 15.6. The SMILES string of the molecule is COc1nc(N(C)S(=O)(=O)c2ccccc2)nc(C)c1Br. The normalized spacial score (nSPS) is 11.2. The number of aromatic nitrogens is 2. The van der Waals surface area contributed by atoms with Gasteiger partial charge in [0.05, 0.1) is 17.7 Å². The van der Waals surface area contributed by atoms with Crippen molar-refractivity contribution in [3.05, 3.63) is 40.5 Å². The number of ether oxygens (including phenoxy) is 1. The highest BCUT2D eigenvalue weighted by Gasteiger charge is 2.24. The van der Waals surface area contributed by atoms with E-state index >= 15 is 0 Å². The Balaban J connectivity index is 2.50. The summed E-state index contributed by atoms with van der Waals surface area (Å²) in [6, 6.07) is 8.12. The minimum absolute atomic E-state index is 0.0522. The van der Waals surface area contributed by atoms with Crippen LogP contribution in [0.1, 0.15) is 5.69 Å². The molecule has 112 valence electrons. The Hall–Kier alpha value is -1.67. The molecule has 0 spiro atoms. The second-order valence-electron chi connectivity index (χ2n) is 4.22. The van der Waals surface area contributed by atoms with Crippen LogP contribution in [0.3, 0.4) is 0 Å². The van der Waals surface area contributed by atoms with Gasteiger partial charge in [-0.1, -0.05) is 18.2 Å². The average molecular weight is 372 g/mol. The number of benzene rings is 1. The molecule has 0 unspecified atom stereocenters. The largest absolute Gasteiger partial charge is 0.480 e. The van der Waals surface area contributed by atoms with Crippen molar-refractivity contribution >= 4 is 31.9 Å². The van der Waals surface area contributed by atoms with Crippen molar-refractivity contribution in [3.8, 4) is 5.88 Å². The molecule has 0 amide bonds. The third-order valence-corrected chi connectivity index (χ3v) is 5.52. The van der Waals surface area contributed by atoms with Crippen LogP contribution in [0.25, 0.3) is 0 Å². The van der Waals surface area contributed by atoms with Crippen molar-refractivity contribution in [3.63, 3.8) is 0 Å². The monoisotopic (exact) mass is 371 g/mol. The maximum absolute atomic E-state index is 12.5. The summed E-state index contributed by atoms with van der Waals surface area (Å²) in [5.41, 5.74) is 0.590. The first-order valence-electron chi connectivity index (χ1n) is 6.00. The zero-order valence-corrected chi connectivity index (χ0v) is 14.1. The highest BCUT2D eigenvalue weighted by Crippen LogP contribution is 2.28. The van der Waals surface area contributed by atoms with Gasteiger partial charge < -0.3 is 4.74 Å². The molecule has 0 aliphatic heterocycles. The zero-order valence-electron chi connectivity index (χ0n) is 11.7. The van der Waals surface area contributed by atoms with Crippen LogP contribution in [-0.2, 0) is 10.0 Å². The van der Waals surface area contributed by atoms with Crippen LogP contribution >= 0.6 is 15.9 Å². The molecule has 0 radical (unpaired) electrons. The second-order valence-corrected chi connectivity index (χ2v) is 6.98. The lowest BCUT2D eigenvalue weighted by molar-refractivity contribution is 0.393. The first-order chi connectivity index (χ1) is 9.87. The van der Waals surface area contributed by atoms with Crippen molar-refractivity contribution in [1.82, 2.24) is 9.97 Å². The fourth-order valence-corrected chi connectivity index (χ4v) is 3.11. The van der Waals surface area contributed by atoms with Crippen molar-refractivity contribution in [2.24, 2.45) is 0 Å². The minimum atomic E-state index is -3.71. The average Bonchev–Trinajstić information content (AvgIpc) is 2.50. The highest BCUT2D eigenvalue weighted by atomic mass is 79.9. The smallest absolute Gasteiger partial charge is 0.266 e. The second kappa shape index (κ2) is 5.98. The fourth-order valence-electron chi connectivity index (χ4n) is 1.65. The van der Waals surface area contributed by atoms with E-state index in [1.165, 1.54) is 26.3 Å². The van der Waals surface area contributed by atoms with E-state index in [1.807, 2.05) is 0 Å². The molecule has 21 heavy (non-hydrogen) atoms. The van der Waals surface area contributed by atoms with Crippen LogP contribution in [0.5, 0.6) is 5.88 Å². The van der Waals surface area contributed by atoms with Crippen LogP contribution < -0.4 is 9.04 Å². The van der Waals surface area contributed by atoms with Crippen molar-refractivity contribution in [1.29, 1.82) is 0 Å². The van der Waals surface area contributed by atoms with E-state index in [1.54, 1.807) is 25.1 Å². The molecular weight excluding hydrogens is 358 g/mol. The lowest BCUT2D eigenvalue weighted by atomic mass is 10.4. The summed E-state index contributed by atoms with van der Waals surface area (Å²) in [6.45, 7) is 1.74. The molecule has 8 heteroatoms. The van der Waals surface area contributed by atoms with Gasteiger partial charge in [0.2, 0.25) is 11.8 Å². The molecule has 1 heterocycles. The van der Waals surface area contributed by atoms with Crippen molar-refractivity contribution < 1.29 is 13.2 Å². The van der Waals surface area contributed by atoms with Gasteiger partial charge in [0.25, 0.3) is 10.0 Å². The molecule has 0 fully saturated rings. The number of halogens is 1. The fraction of sp³-hybridized carbons (Fsp3) is 0.231. The molecule has 2 aromatic rings. The molecule has 0 aliphatic carbocycles. The summed E-state index contributed by atoms with van der Waals surface area (Å²) in [5.74, 6) is 0.337. The molecular formula is C13H14BrN3O3S. The summed E-state index contributed by atoms with van der Waals surface area (Å²) in [5, 5.41) is 0. The van der Waals surface area contributed by atoms with Crippen LogP contribution in [0.2, 0.25) is 0 Å². The Morgan fingerprint density at radius 1 is 1.19 bits per heavy atom. The van der Waals surface area contributed by atoms with Gasteiger partial charge in [0.15, 0.2) is 0 Å². The molecule has 6 nitrogen and oxygen atoms in total. The van der Waals surface area contributed by atoms with Crippen molar-refractivity contribution in [2.45, 2.75) is 11.8 Å². The number of anilines is 1. The number of sulfonamides is 1. The highest BCUT2D eigenvalue weighted by molar-refractivity contribution is 9.10. The molecule has 0 aliphatic rings. The first kappa shape index (κ1) is 15.7. The molecule has 0 N–H and O–H groups in total. The van der Waals surface area contributed by atoms with Gasteiger partial charge in [-0.15, -0.1) is 0 Å². The van der Waals surface area contributed by atoms with E-state index in [4.69, 9.17) is 4.74 Å². The molecule has 0 saturated carbocycles. The van der Waals surface area contributed by atoms with Gasteiger partial charge >= 0.3 is 0 Å². The Bertz CT molecular complexity index is 751. The standard InChI is InChI=1S/C13H14BrN3O3S/c1-9-11(14)12(20-3)16-13(15-9)17(2)21(18,19)10-7-5-4-6-8-10/h4-8H,1-3H3. The Morgan fingerprint density at radius 2 is 1.81 bits per heavy atom. The number of nitrogens with zero attached hydrogens (tertiary/aromatic N) is 3. The number of aryl methyl sites for hydroxylation is 1. The van der Waals surface area contributed by atoms with E-state index in [0.717, 1.165) is 4.31 Å². The van der Waals surface area contributed by atoms with Crippen LogP contribution in [-0.4, -0.2) is 32.5 Å². The van der Waals surface area contributed by atoms with Crippen LogP contribution in [0, 0.1) is 6.92 Å². The number of hydrogen-bond donors (Lipinski definition) is 0. The number of hydrogen-bond acceptors (Lipinski definition) is 5. The first-order valence-corrected chi connectivity index (χ1v) is 8.23. The maximum Gasteiger partial charge on any atom is 0.266 e. The number of rotatable bonds is 4. The molecule has 0 saturated heterocycles. The van der Waals surface area contributed by atoms with Gasteiger partial charge in [-0.25, -0.2) is 17.7 Å². The van der Waals surface area contributed by atoms with E-state index in [2.05, 4.69) is 25.9 Å². The van der Waals surface area contributed by atoms with Gasteiger partial charge in [-0.3, -0.25) is 0 Å². The Kier molecular flexibility index (Phi) is 4.48. The van der Waals surface area contributed by atoms with Crippen molar-refractivity contribution in [2.75, 3.05) is 18.5 Å². The quantitative estimate of drug-likeness (QED) is 0.824. The lowest BCUT2D eigenvalue weighted by Crippen LogP contribution is -2.28. The predicted octanol–water partition coefficient (Wildman–Crippen LogP) is 2.38. The summed E-state index contributed by atoms with van der Waals surface area (Å²) < 4.78 is 31.8. The molecule has 2 rings (SSSR count). The predicted molar refractivity (Wildman–Crippen MR) is 83.1 cm³/mol. The van der Waals surface area contributed by atoms with Crippen LogP contribution in [0.15, 0.2) is 39.7 Å². The third kappa shape index (κ3) is 3.01. The Labute approximate surface area is 132 Å². The molecule has 1 aromatic heterocycles. The minimum Gasteiger partial charge on any atom is -0.480 e. The lowest BCUT2D eigenvalue weighted by Gasteiger charge is -2.18. The summed E-state index contributed by atoms with van der Waals surface area (Å²) in [4.78, 5) is 8.47. The molecule has 0 bridgehead atoms. The van der Waals surface area contributed by atoms with E-state index in [9.17, 15) is 8.42 Å². The Morgan fingerprint density at radius 3 is 2.38 bits per heavy atom. The van der Waals surface area contributed by atoms with Gasteiger partial charge in [-0.2, -0.15) is 4.98 Å². The summed E-state index contributed by atoms with van der Waals surface area (Å²) in [7, 11) is -0.842. The molecule has 1 aromatic carbocycles. The van der Waals surface area contributed by atoms with Gasteiger partial charge in [0, 0.05) is 7.05 Å². The number of methoxy groups -OCH3 is 1. The van der Waals surface area contributed by atoms with E-state index in [0.29, 0.717) is 10.2 Å². The van der Waals surface area contributed by atoms with Crippen LogP contribution in [0.4, 0.5) is 5.95 Å². The van der Waals surface area contributed by atoms with Gasteiger partial charge in [-0.05, 0) is 35.0 Å². The third-order valence-electron chi connectivity index (χ3n) is 2.85. The topological polar surface area (TPSA) is 72.4 Å². The van der Waals surface area contributed by atoms with E-state index < -0.39 is 10.0 Å². The summed E-state index contributed by atoms with van der Waals surface area (Å²) >= 11 is 3.30. The van der Waals surface area contributed by atoms with Gasteiger partial charge in [0.1, 0.15) is 4.47 Å². The molecule has 0 atom stereocenters. The summed E-state index contributed by atoms with van der Waals surface area (Å²) in [6.07, 6.45) is 0.